The van der Waals surface area contributed by atoms with Crippen molar-refractivity contribution in [2.75, 3.05) is 19.4 Å². The molecule has 0 aromatic carbocycles. The van der Waals surface area contributed by atoms with Gasteiger partial charge in [0.05, 0.1) is 5.69 Å². The molecule has 0 fully saturated rings. The number of oxazole rings is 1. The predicted molar refractivity (Wildman–Crippen MR) is 43.9 cm³/mol. The summed E-state index contributed by atoms with van der Waals surface area (Å²) in [5.74, 6) is 0. The minimum absolute atomic E-state index is 0.228. The average molecular weight is 169 g/mol. The molecule has 0 saturated heterocycles. The zero-order valence-corrected chi connectivity index (χ0v) is 7.29. The van der Waals surface area contributed by atoms with Crippen molar-refractivity contribution in [2.45, 2.75) is 6.92 Å². The first-order valence-electron chi connectivity index (χ1n) is 3.50. The molecule has 0 radical (unpaired) electrons. The lowest BCUT2D eigenvalue weighted by Crippen LogP contribution is -2.27. The van der Waals surface area contributed by atoms with Gasteiger partial charge >= 0.3 is 12.0 Å². The van der Waals surface area contributed by atoms with E-state index in [2.05, 4.69) is 10.3 Å². The highest BCUT2D eigenvalue weighted by atomic mass is 16.4. The fraction of sp³-hybridized carbons (Fsp3) is 0.429. The lowest BCUT2D eigenvalue weighted by Gasteiger charge is -2.08. The van der Waals surface area contributed by atoms with E-state index in [9.17, 15) is 4.79 Å². The Morgan fingerprint density at radius 3 is 2.75 bits per heavy atom. The number of hydrogen-bond donors (Lipinski definition) is 1. The van der Waals surface area contributed by atoms with Crippen molar-refractivity contribution in [3.63, 3.8) is 0 Å². The summed E-state index contributed by atoms with van der Waals surface area (Å²) in [5, 5.41) is 2.47. The molecular weight excluding hydrogens is 158 g/mol. The van der Waals surface area contributed by atoms with E-state index in [0.717, 1.165) is 5.69 Å². The van der Waals surface area contributed by atoms with Crippen LogP contribution in [0.3, 0.4) is 0 Å². The van der Waals surface area contributed by atoms with Crippen LogP contribution in [0.15, 0.2) is 10.7 Å². The molecule has 0 unspecified atom stereocenters. The zero-order chi connectivity index (χ0) is 9.14. The number of carbonyl (C=O) groups excluding carboxylic acids is 1. The summed E-state index contributed by atoms with van der Waals surface area (Å²) in [7, 11) is 3.29. The zero-order valence-electron chi connectivity index (χ0n) is 7.29. The van der Waals surface area contributed by atoms with Crippen LogP contribution in [-0.4, -0.2) is 30.0 Å². The van der Waals surface area contributed by atoms with E-state index in [1.165, 1.54) is 11.2 Å². The second-order valence-corrected chi connectivity index (χ2v) is 2.62. The molecule has 5 nitrogen and oxygen atoms in total. The van der Waals surface area contributed by atoms with E-state index in [1.54, 1.807) is 21.0 Å². The van der Waals surface area contributed by atoms with Gasteiger partial charge in [-0.25, -0.2) is 4.79 Å². The second-order valence-electron chi connectivity index (χ2n) is 2.62. The van der Waals surface area contributed by atoms with Crippen LogP contribution in [0.4, 0.5) is 10.8 Å². The number of aryl methyl sites for hydroxylation is 1. The summed E-state index contributed by atoms with van der Waals surface area (Å²) in [6.45, 7) is 1.79. The number of rotatable bonds is 1. The number of nitrogens with zero attached hydrogens (tertiary/aromatic N) is 2. The normalized spacial score (nSPS) is 9.58. The van der Waals surface area contributed by atoms with Crippen LogP contribution in [0.5, 0.6) is 0 Å². The van der Waals surface area contributed by atoms with Crippen molar-refractivity contribution in [3.05, 3.63) is 12.0 Å². The van der Waals surface area contributed by atoms with Gasteiger partial charge in [-0.05, 0) is 6.92 Å². The van der Waals surface area contributed by atoms with Crippen molar-refractivity contribution >= 4 is 12.0 Å². The van der Waals surface area contributed by atoms with Gasteiger partial charge in [-0.15, -0.1) is 0 Å². The molecule has 2 amide bonds. The van der Waals surface area contributed by atoms with E-state index >= 15 is 0 Å². The fourth-order valence-electron chi connectivity index (χ4n) is 0.615. The van der Waals surface area contributed by atoms with Gasteiger partial charge in [-0.3, -0.25) is 5.32 Å². The van der Waals surface area contributed by atoms with Gasteiger partial charge in [0.2, 0.25) is 0 Å². The SMILES string of the molecule is Cc1coc(NC(=O)N(C)C)n1. The molecule has 5 heteroatoms. The number of carbonyl (C=O) groups is 1. The van der Waals surface area contributed by atoms with Crippen molar-refractivity contribution in [1.82, 2.24) is 9.88 Å². The number of amides is 2. The molecule has 1 aromatic heterocycles. The molecule has 1 heterocycles. The third-order valence-corrected chi connectivity index (χ3v) is 1.24. The summed E-state index contributed by atoms with van der Waals surface area (Å²) >= 11 is 0. The Hall–Kier alpha value is -1.52. The van der Waals surface area contributed by atoms with E-state index in [-0.39, 0.29) is 12.0 Å². The Morgan fingerprint density at radius 1 is 1.67 bits per heavy atom. The van der Waals surface area contributed by atoms with Gasteiger partial charge in [-0.1, -0.05) is 0 Å². The third-order valence-electron chi connectivity index (χ3n) is 1.24. The van der Waals surface area contributed by atoms with E-state index in [0.29, 0.717) is 0 Å². The lowest BCUT2D eigenvalue weighted by molar-refractivity contribution is 0.230. The van der Waals surface area contributed by atoms with Crippen LogP contribution in [0, 0.1) is 6.92 Å². The standard InChI is InChI=1S/C7H11N3O2/c1-5-4-12-6(8-5)9-7(11)10(2)3/h4H,1-3H3,(H,8,9,11). The topological polar surface area (TPSA) is 58.4 Å². The minimum atomic E-state index is -0.253. The second kappa shape index (κ2) is 3.25. The Kier molecular flexibility index (Phi) is 2.32. The van der Waals surface area contributed by atoms with E-state index in [1.807, 2.05) is 0 Å². The predicted octanol–water partition coefficient (Wildman–Crippen LogP) is 1.08. The number of hydrogen-bond acceptors (Lipinski definition) is 3. The Labute approximate surface area is 70.4 Å². The first-order valence-corrected chi connectivity index (χ1v) is 3.50. The number of urea groups is 1. The number of aromatic nitrogens is 1. The highest BCUT2D eigenvalue weighted by Crippen LogP contribution is 2.05. The summed E-state index contributed by atoms with van der Waals surface area (Å²) in [4.78, 5) is 16.3. The highest BCUT2D eigenvalue weighted by molar-refractivity contribution is 5.86. The Morgan fingerprint density at radius 2 is 2.33 bits per heavy atom. The molecule has 0 aliphatic heterocycles. The van der Waals surface area contributed by atoms with Crippen LogP contribution in [0.1, 0.15) is 5.69 Å². The molecule has 0 saturated carbocycles. The fourth-order valence-corrected chi connectivity index (χ4v) is 0.615. The van der Waals surface area contributed by atoms with Crippen LogP contribution in [0.2, 0.25) is 0 Å². The largest absolute Gasteiger partial charge is 0.432 e. The van der Waals surface area contributed by atoms with Gasteiger partial charge < -0.3 is 9.32 Å². The van der Waals surface area contributed by atoms with Gasteiger partial charge in [0.1, 0.15) is 6.26 Å². The molecule has 66 valence electrons. The molecule has 12 heavy (non-hydrogen) atoms. The summed E-state index contributed by atoms with van der Waals surface area (Å²) in [6, 6.07) is -0.0250. The van der Waals surface area contributed by atoms with Gasteiger partial charge in [0, 0.05) is 14.1 Å². The molecule has 1 aromatic rings. The average Bonchev–Trinajstić information content (AvgIpc) is 2.35. The minimum Gasteiger partial charge on any atom is -0.432 e. The van der Waals surface area contributed by atoms with Crippen molar-refractivity contribution < 1.29 is 9.21 Å². The van der Waals surface area contributed by atoms with Crippen LogP contribution in [0.25, 0.3) is 0 Å². The van der Waals surface area contributed by atoms with Crippen LogP contribution >= 0.6 is 0 Å². The molecule has 0 bridgehead atoms. The van der Waals surface area contributed by atoms with Gasteiger partial charge in [-0.2, -0.15) is 4.98 Å². The first-order chi connectivity index (χ1) is 5.59. The Bertz CT molecular complexity index is 280. The smallest absolute Gasteiger partial charge is 0.324 e. The van der Waals surface area contributed by atoms with Crippen LogP contribution in [-0.2, 0) is 0 Å². The van der Waals surface area contributed by atoms with Gasteiger partial charge in [0.15, 0.2) is 0 Å². The van der Waals surface area contributed by atoms with Crippen molar-refractivity contribution in [2.24, 2.45) is 0 Å². The maximum Gasteiger partial charge on any atom is 0.324 e. The highest BCUT2D eigenvalue weighted by Gasteiger charge is 2.06. The molecule has 0 aliphatic rings. The molecule has 1 rings (SSSR count). The molecule has 0 atom stereocenters. The van der Waals surface area contributed by atoms with Crippen molar-refractivity contribution in [1.29, 1.82) is 0 Å². The molecule has 0 spiro atoms. The summed E-state index contributed by atoms with van der Waals surface area (Å²) < 4.78 is 4.92. The van der Waals surface area contributed by atoms with E-state index in [4.69, 9.17) is 4.42 Å². The van der Waals surface area contributed by atoms with E-state index < -0.39 is 0 Å². The monoisotopic (exact) mass is 169 g/mol. The van der Waals surface area contributed by atoms with Gasteiger partial charge in [0.25, 0.3) is 0 Å². The maximum absolute atomic E-state index is 11.0. The molecular formula is C7H11N3O2. The maximum atomic E-state index is 11.0. The summed E-state index contributed by atoms with van der Waals surface area (Å²) in [6.07, 6.45) is 1.48. The summed E-state index contributed by atoms with van der Waals surface area (Å²) in [5.41, 5.74) is 0.740. The molecule has 1 N–H and O–H groups in total. The lowest BCUT2D eigenvalue weighted by atomic mass is 10.6. The van der Waals surface area contributed by atoms with Crippen LogP contribution < -0.4 is 5.32 Å². The third kappa shape index (κ3) is 1.98. The quantitative estimate of drug-likeness (QED) is 0.684. The van der Waals surface area contributed by atoms with Crippen molar-refractivity contribution in [3.8, 4) is 0 Å². The molecule has 0 aliphatic carbocycles. The number of nitrogens with one attached hydrogen (secondary N) is 1. The Balaban J connectivity index is 2.58. The first kappa shape index (κ1) is 8.58. The number of anilines is 1.